The minimum atomic E-state index is 0.847. The molecule has 4 unspecified atom stereocenters. The molecule has 1 saturated carbocycles. The molecule has 1 aliphatic carbocycles. The molecule has 0 saturated heterocycles. The van der Waals surface area contributed by atoms with E-state index in [9.17, 15) is 0 Å². The van der Waals surface area contributed by atoms with E-state index >= 15 is 0 Å². The second-order valence-corrected chi connectivity index (χ2v) is 5.08. The summed E-state index contributed by atoms with van der Waals surface area (Å²) in [6, 6.07) is 0. The average Bonchev–Trinajstić information content (AvgIpc) is 2.10. The highest BCUT2D eigenvalue weighted by Gasteiger charge is 2.27. The van der Waals surface area contributed by atoms with Gasteiger partial charge in [-0.3, -0.25) is 0 Å². The molecule has 1 aliphatic rings. The van der Waals surface area contributed by atoms with Gasteiger partial charge in [-0.15, -0.1) is 0 Å². The lowest BCUT2D eigenvalue weighted by molar-refractivity contribution is 0.160. The summed E-state index contributed by atoms with van der Waals surface area (Å²) in [6.07, 6.45) is 5.52. The van der Waals surface area contributed by atoms with Crippen LogP contribution >= 0.6 is 0 Å². The Bertz CT molecular complexity index is 144. The molecule has 0 heterocycles. The summed E-state index contributed by atoms with van der Waals surface area (Å²) in [5.41, 5.74) is 5.60. The third-order valence-corrected chi connectivity index (χ3v) is 4.07. The third kappa shape index (κ3) is 2.98. The quantitative estimate of drug-likeness (QED) is 0.715. The van der Waals surface area contributed by atoms with Crippen molar-refractivity contribution in [1.29, 1.82) is 0 Å². The Hall–Kier alpha value is -0.0400. The molecule has 78 valence electrons. The molecule has 0 spiro atoms. The van der Waals surface area contributed by atoms with Crippen molar-refractivity contribution in [1.82, 2.24) is 0 Å². The van der Waals surface area contributed by atoms with Gasteiger partial charge in [-0.05, 0) is 49.5 Å². The molecule has 1 heteroatoms. The van der Waals surface area contributed by atoms with Crippen LogP contribution < -0.4 is 5.73 Å². The zero-order chi connectivity index (χ0) is 9.84. The maximum Gasteiger partial charge on any atom is -0.00746 e. The summed E-state index contributed by atoms with van der Waals surface area (Å²) in [5, 5.41) is 0. The molecule has 0 bridgehead atoms. The van der Waals surface area contributed by atoms with Crippen LogP contribution in [0.25, 0.3) is 0 Å². The van der Waals surface area contributed by atoms with Crippen molar-refractivity contribution < 1.29 is 0 Å². The van der Waals surface area contributed by atoms with Crippen molar-refractivity contribution in [3.05, 3.63) is 0 Å². The molecule has 13 heavy (non-hydrogen) atoms. The Morgan fingerprint density at radius 3 is 2.46 bits per heavy atom. The highest BCUT2D eigenvalue weighted by Crippen LogP contribution is 2.37. The molecule has 1 rings (SSSR count). The number of nitrogens with two attached hydrogens (primary N) is 1. The summed E-state index contributed by atoms with van der Waals surface area (Å²) in [4.78, 5) is 0. The fraction of sp³-hybridized carbons (Fsp3) is 1.00. The normalized spacial score (nSPS) is 37.4. The Labute approximate surface area is 83.1 Å². The van der Waals surface area contributed by atoms with Gasteiger partial charge in [0, 0.05) is 0 Å². The minimum absolute atomic E-state index is 0.847. The SMILES string of the molecule is CC1CCC(C(C)CCN)CC1C. The van der Waals surface area contributed by atoms with E-state index in [1.807, 2.05) is 0 Å². The van der Waals surface area contributed by atoms with Gasteiger partial charge < -0.3 is 5.73 Å². The second kappa shape index (κ2) is 4.99. The topological polar surface area (TPSA) is 26.0 Å². The Kier molecular flexibility index (Phi) is 4.24. The molecule has 0 amide bonds. The molecule has 4 atom stereocenters. The fourth-order valence-electron chi connectivity index (χ4n) is 2.60. The van der Waals surface area contributed by atoms with E-state index in [0.29, 0.717) is 0 Å². The molecule has 0 aromatic rings. The van der Waals surface area contributed by atoms with Gasteiger partial charge in [0.2, 0.25) is 0 Å². The largest absolute Gasteiger partial charge is 0.330 e. The van der Waals surface area contributed by atoms with Crippen LogP contribution in [0.1, 0.15) is 46.5 Å². The van der Waals surface area contributed by atoms with Gasteiger partial charge in [-0.2, -0.15) is 0 Å². The van der Waals surface area contributed by atoms with Gasteiger partial charge >= 0.3 is 0 Å². The minimum Gasteiger partial charge on any atom is -0.330 e. The summed E-state index contributed by atoms with van der Waals surface area (Å²) in [6.45, 7) is 8.04. The first-order chi connectivity index (χ1) is 6.15. The van der Waals surface area contributed by atoms with Crippen molar-refractivity contribution in [2.45, 2.75) is 46.5 Å². The molecule has 1 nitrogen and oxygen atoms in total. The molecule has 0 aromatic carbocycles. The standard InChI is InChI=1S/C12H25N/c1-9-4-5-12(8-11(9)3)10(2)6-7-13/h9-12H,4-8,13H2,1-3H3. The molecule has 2 N–H and O–H groups in total. The number of hydrogen-bond acceptors (Lipinski definition) is 1. The van der Waals surface area contributed by atoms with Gasteiger partial charge in [-0.25, -0.2) is 0 Å². The lowest BCUT2D eigenvalue weighted by atomic mass is 9.71. The van der Waals surface area contributed by atoms with Crippen LogP contribution in [-0.2, 0) is 0 Å². The van der Waals surface area contributed by atoms with E-state index in [1.54, 1.807) is 0 Å². The highest BCUT2D eigenvalue weighted by molar-refractivity contribution is 4.78. The Morgan fingerprint density at radius 2 is 1.92 bits per heavy atom. The first-order valence-corrected chi connectivity index (χ1v) is 5.85. The Balaban J connectivity index is 2.36. The summed E-state index contributed by atoms with van der Waals surface area (Å²) >= 11 is 0. The Morgan fingerprint density at radius 1 is 1.23 bits per heavy atom. The molecular formula is C12H25N. The highest BCUT2D eigenvalue weighted by atomic mass is 14.5. The van der Waals surface area contributed by atoms with E-state index in [1.165, 1.54) is 25.7 Å². The summed E-state index contributed by atoms with van der Waals surface area (Å²) in [7, 11) is 0. The van der Waals surface area contributed by atoms with Crippen molar-refractivity contribution in [3.8, 4) is 0 Å². The van der Waals surface area contributed by atoms with Crippen LogP contribution in [0.3, 0.4) is 0 Å². The van der Waals surface area contributed by atoms with Crippen molar-refractivity contribution in [2.24, 2.45) is 29.4 Å². The van der Waals surface area contributed by atoms with Crippen molar-refractivity contribution >= 4 is 0 Å². The van der Waals surface area contributed by atoms with Gasteiger partial charge in [0.1, 0.15) is 0 Å². The fourth-order valence-corrected chi connectivity index (χ4v) is 2.60. The summed E-state index contributed by atoms with van der Waals surface area (Å²) in [5.74, 6) is 3.68. The van der Waals surface area contributed by atoms with Crippen LogP contribution in [0.15, 0.2) is 0 Å². The molecule has 0 radical (unpaired) electrons. The average molecular weight is 183 g/mol. The lowest BCUT2D eigenvalue weighted by Gasteiger charge is -2.35. The number of hydrogen-bond donors (Lipinski definition) is 1. The summed E-state index contributed by atoms with van der Waals surface area (Å²) < 4.78 is 0. The van der Waals surface area contributed by atoms with Crippen LogP contribution in [0, 0.1) is 23.7 Å². The van der Waals surface area contributed by atoms with Crippen LogP contribution in [0.5, 0.6) is 0 Å². The predicted molar refractivity (Wildman–Crippen MR) is 58.5 cm³/mol. The predicted octanol–water partition coefficient (Wildman–Crippen LogP) is 3.04. The lowest BCUT2D eigenvalue weighted by Crippen LogP contribution is -2.26. The van der Waals surface area contributed by atoms with Crippen molar-refractivity contribution in [3.63, 3.8) is 0 Å². The molecular weight excluding hydrogens is 158 g/mol. The third-order valence-electron chi connectivity index (χ3n) is 4.07. The van der Waals surface area contributed by atoms with Gasteiger partial charge in [0.25, 0.3) is 0 Å². The van der Waals surface area contributed by atoms with Gasteiger partial charge in [0.05, 0.1) is 0 Å². The zero-order valence-corrected chi connectivity index (χ0v) is 9.42. The maximum atomic E-state index is 5.60. The molecule has 0 aliphatic heterocycles. The number of rotatable bonds is 3. The first-order valence-electron chi connectivity index (χ1n) is 5.85. The van der Waals surface area contributed by atoms with Crippen LogP contribution in [0.4, 0.5) is 0 Å². The molecule has 1 fully saturated rings. The smallest absolute Gasteiger partial charge is 0.00746 e. The van der Waals surface area contributed by atoms with E-state index in [4.69, 9.17) is 5.73 Å². The van der Waals surface area contributed by atoms with E-state index in [2.05, 4.69) is 20.8 Å². The second-order valence-electron chi connectivity index (χ2n) is 5.08. The van der Waals surface area contributed by atoms with Gasteiger partial charge in [-0.1, -0.05) is 27.2 Å². The van der Waals surface area contributed by atoms with Crippen molar-refractivity contribution in [2.75, 3.05) is 6.54 Å². The van der Waals surface area contributed by atoms with Gasteiger partial charge in [0.15, 0.2) is 0 Å². The first kappa shape index (κ1) is 11.0. The van der Waals surface area contributed by atoms with Crippen LogP contribution in [0.2, 0.25) is 0 Å². The molecule has 0 aromatic heterocycles. The van der Waals surface area contributed by atoms with E-state index in [-0.39, 0.29) is 0 Å². The van der Waals surface area contributed by atoms with Crippen LogP contribution in [-0.4, -0.2) is 6.54 Å². The zero-order valence-electron chi connectivity index (χ0n) is 9.42. The maximum absolute atomic E-state index is 5.60. The monoisotopic (exact) mass is 183 g/mol. The van der Waals surface area contributed by atoms with E-state index in [0.717, 1.165) is 30.2 Å². The van der Waals surface area contributed by atoms with E-state index < -0.39 is 0 Å².